The molecule has 4 aromatic rings. The highest BCUT2D eigenvalue weighted by Gasteiger charge is 2.37. The van der Waals surface area contributed by atoms with Gasteiger partial charge in [0.2, 0.25) is 0 Å². The Bertz CT molecular complexity index is 1670. The van der Waals surface area contributed by atoms with Crippen LogP contribution in [-0.4, -0.2) is 24.5 Å². The number of ether oxygens (including phenoxy) is 2. The first-order chi connectivity index (χ1) is 20.3. The zero-order valence-electron chi connectivity index (χ0n) is 22.6. The van der Waals surface area contributed by atoms with Crippen LogP contribution in [0.2, 0.25) is 0 Å². The van der Waals surface area contributed by atoms with Gasteiger partial charge in [0.1, 0.15) is 29.5 Å². The highest BCUT2D eigenvalue weighted by Crippen LogP contribution is 2.33. The van der Waals surface area contributed by atoms with Gasteiger partial charge < -0.3 is 9.47 Å². The first-order valence-electron chi connectivity index (χ1n) is 13.2. The molecule has 4 aromatic carbocycles. The fraction of sp³-hybridized carbons (Fsp3) is 0.121. The normalized spacial score (nSPS) is 14.2. The maximum Gasteiger partial charge on any atom is 0.335 e. The van der Waals surface area contributed by atoms with Crippen molar-refractivity contribution >= 4 is 45.5 Å². The fourth-order valence-electron chi connectivity index (χ4n) is 4.51. The number of halogens is 2. The molecule has 1 aliphatic rings. The van der Waals surface area contributed by atoms with Crippen LogP contribution >= 0.6 is 15.9 Å². The number of nitrogens with one attached hydrogen (secondary N) is 1. The van der Waals surface area contributed by atoms with Gasteiger partial charge in [-0.1, -0.05) is 58.4 Å². The minimum atomic E-state index is -0.846. The van der Waals surface area contributed by atoms with Crippen LogP contribution in [0.5, 0.6) is 11.5 Å². The molecule has 0 radical (unpaired) electrons. The summed E-state index contributed by atoms with van der Waals surface area (Å²) in [5.74, 6) is -0.823. The molecule has 1 fully saturated rings. The summed E-state index contributed by atoms with van der Waals surface area (Å²) in [6.45, 7) is 2.57. The topological polar surface area (TPSA) is 84.9 Å². The van der Waals surface area contributed by atoms with Crippen molar-refractivity contribution in [1.29, 1.82) is 0 Å². The van der Waals surface area contributed by atoms with Crippen molar-refractivity contribution in [3.8, 4) is 11.5 Å². The summed E-state index contributed by atoms with van der Waals surface area (Å²) < 4.78 is 26.1. The smallest absolute Gasteiger partial charge is 0.335 e. The number of imide groups is 2. The molecule has 4 amide bonds. The molecular formula is C33H26BrFN2O5. The van der Waals surface area contributed by atoms with Crippen LogP contribution in [0.3, 0.4) is 0 Å². The molecular weight excluding hydrogens is 603 g/mol. The maximum absolute atomic E-state index is 13.8. The molecule has 0 bridgehead atoms. The van der Waals surface area contributed by atoms with E-state index in [1.807, 2.05) is 43.3 Å². The lowest BCUT2D eigenvalue weighted by Gasteiger charge is -2.26. The molecule has 0 atom stereocenters. The van der Waals surface area contributed by atoms with Crippen molar-refractivity contribution in [1.82, 2.24) is 5.32 Å². The first-order valence-corrected chi connectivity index (χ1v) is 14.0. The minimum Gasteiger partial charge on any atom is -0.494 e. The van der Waals surface area contributed by atoms with Crippen LogP contribution in [0.25, 0.3) is 6.08 Å². The van der Waals surface area contributed by atoms with Crippen LogP contribution in [0.15, 0.2) is 101 Å². The number of anilines is 1. The summed E-state index contributed by atoms with van der Waals surface area (Å²) in [6, 6.07) is 25.0. The van der Waals surface area contributed by atoms with Gasteiger partial charge in [-0.15, -0.1) is 0 Å². The number of hydrogen-bond acceptors (Lipinski definition) is 5. The van der Waals surface area contributed by atoms with Crippen molar-refractivity contribution in [3.63, 3.8) is 0 Å². The molecule has 212 valence electrons. The largest absolute Gasteiger partial charge is 0.494 e. The second-order valence-corrected chi connectivity index (χ2v) is 10.3. The van der Waals surface area contributed by atoms with E-state index in [0.29, 0.717) is 41.2 Å². The summed E-state index contributed by atoms with van der Waals surface area (Å²) in [4.78, 5) is 39.8. The molecule has 0 saturated carbocycles. The number of barbiturate groups is 1. The van der Waals surface area contributed by atoms with Gasteiger partial charge in [0.25, 0.3) is 11.8 Å². The Morgan fingerprint density at radius 3 is 2.33 bits per heavy atom. The number of carbonyl (C=O) groups is 3. The molecule has 0 spiro atoms. The van der Waals surface area contributed by atoms with Gasteiger partial charge in [0.05, 0.1) is 12.3 Å². The second-order valence-electron chi connectivity index (χ2n) is 9.45. The van der Waals surface area contributed by atoms with E-state index in [2.05, 4.69) is 21.2 Å². The van der Waals surface area contributed by atoms with Crippen LogP contribution in [0.4, 0.5) is 14.9 Å². The third-order valence-electron chi connectivity index (χ3n) is 6.50. The maximum atomic E-state index is 13.8. The van der Waals surface area contributed by atoms with Gasteiger partial charge in [-0.2, -0.15) is 0 Å². The van der Waals surface area contributed by atoms with E-state index in [9.17, 15) is 18.8 Å². The standard InChI is InChI=1S/C33H26BrFN2O5/c1-2-41-30-19-23(18-29(34)27(30)16-22-9-6-10-24(35)15-22)17-28-31(38)36-33(40)37(32(28)39)25-11-13-26(14-12-25)42-20-21-7-4-3-5-8-21/h3-15,17-19H,2,16,20H2,1H3,(H,36,38,40)/b28-17+. The van der Waals surface area contributed by atoms with Crippen LogP contribution in [0, 0.1) is 5.82 Å². The number of benzene rings is 4. The second kappa shape index (κ2) is 12.8. The van der Waals surface area contributed by atoms with Gasteiger partial charge in [0.15, 0.2) is 0 Å². The van der Waals surface area contributed by atoms with Crippen molar-refractivity contribution in [2.75, 3.05) is 11.5 Å². The minimum absolute atomic E-state index is 0.216. The molecule has 0 unspecified atom stereocenters. The molecule has 1 aliphatic heterocycles. The summed E-state index contributed by atoms with van der Waals surface area (Å²) in [5, 5.41) is 2.24. The highest BCUT2D eigenvalue weighted by molar-refractivity contribution is 9.10. The Balaban J connectivity index is 1.39. The van der Waals surface area contributed by atoms with Crippen LogP contribution in [-0.2, 0) is 22.6 Å². The van der Waals surface area contributed by atoms with Crippen molar-refractivity contribution in [2.45, 2.75) is 20.0 Å². The van der Waals surface area contributed by atoms with E-state index in [0.717, 1.165) is 21.6 Å². The lowest BCUT2D eigenvalue weighted by molar-refractivity contribution is -0.122. The van der Waals surface area contributed by atoms with Gasteiger partial charge in [0, 0.05) is 16.5 Å². The fourth-order valence-corrected chi connectivity index (χ4v) is 5.11. The number of rotatable bonds is 9. The van der Waals surface area contributed by atoms with Crippen LogP contribution < -0.4 is 19.7 Å². The molecule has 1 heterocycles. The van der Waals surface area contributed by atoms with Gasteiger partial charge in [-0.25, -0.2) is 14.1 Å². The molecule has 9 heteroatoms. The first kappa shape index (κ1) is 28.8. The van der Waals surface area contributed by atoms with Crippen LogP contribution in [0.1, 0.15) is 29.2 Å². The predicted octanol–water partition coefficient (Wildman–Crippen LogP) is 6.82. The van der Waals surface area contributed by atoms with E-state index >= 15 is 0 Å². The Kier molecular flexibility index (Phi) is 8.78. The van der Waals surface area contributed by atoms with Gasteiger partial charge in [-0.3, -0.25) is 14.9 Å². The Morgan fingerprint density at radius 2 is 1.62 bits per heavy atom. The Labute approximate surface area is 250 Å². The molecule has 7 nitrogen and oxygen atoms in total. The zero-order chi connectivity index (χ0) is 29.6. The molecule has 42 heavy (non-hydrogen) atoms. The summed E-state index contributed by atoms with van der Waals surface area (Å²) in [7, 11) is 0. The third-order valence-corrected chi connectivity index (χ3v) is 7.21. The quantitative estimate of drug-likeness (QED) is 0.162. The molecule has 1 N–H and O–H groups in total. The number of hydrogen-bond donors (Lipinski definition) is 1. The molecule has 0 aliphatic carbocycles. The zero-order valence-corrected chi connectivity index (χ0v) is 24.2. The van der Waals surface area contributed by atoms with Crippen molar-refractivity contribution < 1.29 is 28.2 Å². The summed E-state index contributed by atoms with van der Waals surface area (Å²) in [6.07, 6.45) is 1.81. The van der Waals surface area contributed by atoms with E-state index < -0.39 is 17.8 Å². The average Bonchev–Trinajstić information content (AvgIpc) is 2.97. The summed E-state index contributed by atoms with van der Waals surface area (Å²) >= 11 is 3.57. The molecule has 0 aromatic heterocycles. The van der Waals surface area contributed by atoms with E-state index in [1.165, 1.54) is 18.2 Å². The lowest BCUT2D eigenvalue weighted by atomic mass is 10.0. The van der Waals surface area contributed by atoms with Gasteiger partial charge in [-0.05, 0) is 78.2 Å². The van der Waals surface area contributed by atoms with E-state index in [1.54, 1.807) is 42.5 Å². The van der Waals surface area contributed by atoms with Crippen molar-refractivity contribution in [2.24, 2.45) is 0 Å². The van der Waals surface area contributed by atoms with E-state index in [4.69, 9.17) is 9.47 Å². The summed E-state index contributed by atoms with van der Waals surface area (Å²) in [5.41, 5.74) is 3.12. The number of amides is 4. The lowest BCUT2D eigenvalue weighted by Crippen LogP contribution is -2.54. The van der Waals surface area contributed by atoms with Crippen molar-refractivity contribution in [3.05, 3.63) is 129 Å². The number of nitrogens with zero attached hydrogens (tertiary/aromatic N) is 1. The number of carbonyl (C=O) groups excluding carboxylic acids is 3. The monoisotopic (exact) mass is 628 g/mol. The number of urea groups is 1. The van der Waals surface area contributed by atoms with Gasteiger partial charge >= 0.3 is 6.03 Å². The van der Waals surface area contributed by atoms with E-state index in [-0.39, 0.29) is 17.1 Å². The highest BCUT2D eigenvalue weighted by atomic mass is 79.9. The Morgan fingerprint density at radius 1 is 0.881 bits per heavy atom. The molecule has 5 rings (SSSR count). The predicted molar refractivity (Wildman–Crippen MR) is 161 cm³/mol. The SMILES string of the molecule is CCOc1cc(/C=C2\C(=O)NC(=O)N(c3ccc(OCc4ccccc4)cc3)C2=O)cc(Br)c1Cc1cccc(F)c1. The molecule has 1 saturated heterocycles. The third kappa shape index (κ3) is 6.58. The average molecular weight is 629 g/mol. The Hall–Kier alpha value is -4.76.